The van der Waals surface area contributed by atoms with E-state index in [9.17, 15) is 0 Å². The number of hydrogen-bond acceptors (Lipinski definition) is 4. The Morgan fingerprint density at radius 1 is 1.29 bits per heavy atom. The van der Waals surface area contributed by atoms with Gasteiger partial charge in [0.05, 0.1) is 19.4 Å². The zero-order valence-corrected chi connectivity index (χ0v) is 10.3. The fourth-order valence-electron chi connectivity index (χ4n) is 2.37. The van der Waals surface area contributed by atoms with E-state index >= 15 is 0 Å². The SMILES string of the molecule is COc1ccccc1N1CCC(CON)CC1. The van der Waals surface area contributed by atoms with E-state index in [1.165, 1.54) is 5.69 Å². The Morgan fingerprint density at radius 2 is 2.00 bits per heavy atom. The molecule has 4 nitrogen and oxygen atoms in total. The average molecular weight is 236 g/mol. The van der Waals surface area contributed by atoms with Crippen LogP contribution in [0, 0.1) is 5.92 Å². The van der Waals surface area contributed by atoms with Crippen LogP contribution >= 0.6 is 0 Å². The van der Waals surface area contributed by atoms with Crippen molar-refractivity contribution < 1.29 is 9.57 Å². The molecule has 0 radical (unpaired) electrons. The normalized spacial score (nSPS) is 17.2. The molecule has 2 N–H and O–H groups in total. The van der Waals surface area contributed by atoms with Crippen LogP contribution in [-0.4, -0.2) is 26.8 Å². The number of benzene rings is 1. The molecule has 0 aromatic heterocycles. The number of rotatable bonds is 4. The number of anilines is 1. The van der Waals surface area contributed by atoms with E-state index < -0.39 is 0 Å². The van der Waals surface area contributed by atoms with Gasteiger partial charge < -0.3 is 14.5 Å². The molecule has 0 bridgehead atoms. The Morgan fingerprint density at radius 3 is 2.65 bits per heavy atom. The number of nitrogens with two attached hydrogens (primary N) is 1. The monoisotopic (exact) mass is 236 g/mol. The molecule has 2 rings (SSSR count). The van der Waals surface area contributed by atoms with Gasteiger partial charge in [0.1, 0.15) is 5.75 Å². The first-order chi connectivity index (χ1) is 8.35. The fourth-order valence-corrected chi connectivity index (χ4v) is 2.37. The third-order valence-electron chi connectivity index (χ3n) is 3.37. The van der Waals surface area contributed by atoms with Crippen LogP contribution in [0.25, 0.3) is 0 Å². The van der Waals surface area contributed by atoms with Crippen LogP contribution in [0.5, 0.6) is 5.75 Å². The molecule has 1 heterocycles. The molecule has 0 aliphatic carbocycles. The number of para-hydroxylation sites is 2. The summed E-state index contributed by atoms with van der Waals surface area (Å²) >= 11 is 0. The summed E-state index contributed by atoms with van der Waals surface area (Å²) in [5.74, 6) is 6.65. The van der Waals surface area contributed by atoms with Gasteiger partial charge in [-0.15, -0.1) is 0 Å². The van der Waals surface area contributed by atoms with Crippen molar-refractivity contribution in [2.75, 3.05) is 31.7 Å². The van der Waals surface area contributed by atoms with E-state index in [-0.39, 0.29) is 0 Å². The lowest BCUT2D eigenvalue weighted by Crippen LogP contribution is -2.35. The maximum absolute atomic E-state index is 5.39. The van der Waals surface area contributed by atoms with Crippen LogP contribution in [0.15, 0.2) is 24.3 Å². The van der Waals surface area contributed by atoms with Gasteiger partial charge in [-0.05, 0) is 30.9 Å². The van der Waals surface area contributed by atoms with Crippen molar-refractivity contribution in [1.82, 2.24) is 0 Å². The van der Waals surface area contributed by atoms with Crippen LogP contribution in [0.1, 0.15) is 12.8 Å². The first-order valence-corrected chi connectivity index (χ1v) is 6.04. The number of ether oxygens (including phenoxy) is 1. The van der Waals surface area contributed by atoms with Crippen molar-refractivity contribution in [3.05, 3.63) is 24.3 Å². The molecule has 0 atom stereocenters. The predicted molar refractivity (Wildman–Crippen MR) is 68.1 cm³/mol. The van der Waals surface area contributed by atoms with Gasteiger partial charge in [-0.3, -0.25) is 0 Å². The maximum atomic E-state index is 5.39. The molecule has 94 valence electrons. The lowest BCUT2D eigenvalue weighted by atomic mass is 9.97. The minimum atomic E-state index is 0.589. The molecule has 0 unspecified atom stereocenters. The highest BCUT2D eigenvalue weighted by molar-refractivity contribution is 5.58. The van der Waals surface area contributed by atoms with Crippen LogP contribution < -0.4 is 15.5 Å². The van der Waals surface area contributed by atoms with Gasteiger partial charge in [-0.25, -0.2) is 5.90 Å². The molecule has 0 saturated carbocycles. The average Bonchev–Trinajstić information content (AvgIpc) is 2.40. The molecule has 1 aliphatic rings. The quantitative estimate of drug-likeness (QED) is 0.810. The van der Waals surface area contributed by atoms with E-state index in [1.54, 1.807) is 7.11 Å². The molecular formula is C13H20N2O2. The third kappa shape index (κ3) is 2.90. The highest BCUT2D eigenvalue weighted by atomic mass is 16.6. The van der Waals surface area contributed by atoms with Gasteiger partial charge >= 0.3 is 0 Å². The summed E-state index contributed by atoms with van der Waals surface area (Å²) in [5, 5.41) is 0. The second-order valence-corrected chi connectivity index (χ2v) is 4.44. The van der Waals surface area contributed by atoms with E-state index in [4.69, 9.17) is 15.5 Å². The summed E-state index contributed by atoms with van der Waals surface area (Å²) < 4.78 is 5.39. The van der Waals surface area contributed by atoms with Gasteiger partial charge in [0.2, 0.25) is 0 Å². The second-order valence-electron chi connectivity index (χ2n) is 4.44. The Balaban J connectivity index is 2.00. The second kappa shape index (κ2) is 5.89. The van der Waals surface area contributed by atoms with Crippen LogP contribution in [-0.2, 0) is 4.84 Å². The minimum absolute atomic E-state index is 0.589. The first-order valence-electron chi connectivity index (χ1n) is 6.04. The van der Waals surface area contributed by atoms with Crippen LogP contribution in [0.4, 0.5) is 5.69 Å². The van der Waals surface area contributed by atoms with Gasteiger partial charge in [0.15, 0.2) is 0 Å². The molecule has 0 amide bonds. The van der Waals surface area contributed by atoms with Gasteiger partial charge in [-0.1, -0.05) is 12.1 Å². The minimum Gasteiger partial charge on any atom is -0.495 e. The Labute approximate surface area is 102 Å². The van der Waals surface area contributed by atoms with Crippen LogP contribution in [0.2, 0.25) is 0 Å². The van der Waals surface area contributed by atoms with Gasteiger partial charge in [0, 0.05) is 13.1 Å². The number of nitrogens with zero attached hydrogens (tertiary/aromatic N) is 1. The zero-order valence-electron chi connectivity index (χ0n) is 10.3. The first kappa shape index (κ1) is 12.2. The third-order valence-corrected chi connectivity index (χ3v) is 3.37. The van der Waals surface area contributed by atoms with Gasteiger partial charge in [-0.2, -0.15) is 0 Å². The Bertz CT molecular complexity index is 349. The Hall–Kier alpha value is -1.26. The fraction of sp³-hybridized carbons (Fsp3) is 0.538. The highest BCUT2D eigenvalue weighted by Crippen LogP contribution is 2.31. The summed E-state index contributed by atoms with van der Waals surface area (Å²) in [6, 6.07) is 8.16. The Kier molecular flexibility index (Phi) is 4.23. The van der Waals surface area contributed by atoms with Crippen molar-refractivity contribution in [1.29, 1.82) is 0 Å². The van der Waals surface area contributed by atoms with Crippen LogP contribution in [0.3, 0.4) is 0 Å². The van der Waals surface area contributed by atoms with E-state index in [0.717, 1.165) is 31.7 Å². The summed E-state index contributed by atoms with van der Waals surface area (Å²) in [6.45, 7) is 2.74. The molecule has 1 aliphatic heterocycles. The molecular weight excluding hydrogens is 216 g/mol. The topological polar surface area (TPSA) is 47.7 Å². The standard InChI is InChI=1S/C13H20N2O2/c1-16-13-5-3-2-4-12(13)15-8-6-11(7-9-15)10-17-14/h2-5,11H,6-10,14H2,1H3. The van der Waals surface area contributed by atoms with Crippen molar-refractivity contribution in [3.63, 3.8) is 0 Å². The molecule has 1 fully saturated rings. The van der Waals surface area contributed by atoms with E-state index in [1.807, 2.05) is 18.2 Å². The predicted octanol–water partition coefficient (Wildman–Crippen LogP) is 1.80. The highest BCUT2D eigenvalue weighted by Gasteiger charge is 2.21. The van der Waals surface area contributed by atoms with Crippen molar-refractivity contribution in [2.45, 2.75) is 12.8 Å². The molecule has 1 saturated heterocycles. The lowest BCUT2D eigenvalue weighted by molar-refractivity contribution is 0.0918. The summed E-state index contributed by atoms with van der Waals surface area (Å²) in [4.78, 5) is 7.09. The molecule has 17 heavy (non-hydrogen) atoms. The molecule has 1 aromatic rings. The number of hydrogen-bond donors (Lipinski definition) is 1. The molecule has 1 aromatic carbocycles. The lowest BCUT2D eigenvalue weighted by Gasteiger charge is -2.33. The van der Waals surface area contributed by atoms with Crippen molar-refractivity contribution in [3.8, 4) is 5.75 Å². The number of methoxy groups -OCH3 is 1. The number of piperidine rings is 1. The van der Waals surface area contributed by atoms with Crippen molar-refractivity contribution >= 4 is 5.69 Å². The van der Waals surface area contributed by atoms with Gasteiger partial charge in [0.25, 0.3) is 0 Å². The summed E-state index contributed by atoms with van der Waals surface area (Å²) in [6.07, 6.45) is 2.24. The van der Waals surface area contributed by atoms with E-state index in [0.29, 0.717) is 12.5 Å². The van der Waals surface area contributed by atoms with Crippen molar-refractivity contribution in [2.24, 2.45) is 11.8 Å². The molecule has 4 heteroatoms. The zero-order chi connectivity index (χ0) is 12.1. The largest absolute Gasteiger partial charge is 0.495 e. The van der Waals surface area contributed by atoms with E-state index in [2.05, 4.69) is 11.0 Å². The summed E-state index contributed by atoms with van der Waals surface area (Å²) in [7, 11) is 1.72. The summed E-state index contributed by atoms with van der Waals surface area (Å²) in [5.41, 5.74) is 1.18. The smallest absolute Gasteiger partial charge is 0.142 e. The maximum Gasteiger partial charge on any atom is 0.142 e. The molecule has 0 spiro atoms.